The Hall–Kier alpha value is -1.30. The van der Waals surface area contributed by atoms with Crippen LogP contribution in [0.3, 0.4) is 0 Å². The van der Waals surface area contributed by atoms with Crippen LogP contribution in [0.2, 0.25) is 0 Å². The SMILES string of the molecule is CC(C)(C)OC(=O)N[C@H]1CC[C@H](C(=O)O)OC1. The van der Waals surface area contributed by atoms with Gasteiger partial charge in [0.1, 0.15) is 5.60 Å². The van der Waals surface area contributed by atoms with E-state index in [0.29, 0.717) is 12.8 Å². The molecule has 1 aliphatic rings. The van der Waals surface area contributed by atoms with E-state index in [1.807, 2.05) is 0 Å². The molecular formula is C11H19NO5. The van der Waals surface area contributed by atoms with E-state index < -0.39 is 23.8 Å². The van der Waals surface area contributed by atoms with Gasteiger partial charge in [0.2, 0.25) is 0 Å². The molecule has 17 heavy (non-hydrogen) atoms. The van der Waals surface area contributed by atoms with Gasteiger partial charge in [-0.05, 0) is 33.6 Å². The summed E-state index contributed by atoms with van der Waals surface area (Å²) in [5, 5.41) is 11.4. The normalized spacial score (nSPS) is 25.1. The Morgan fingerprint density at radius 3 is 2.41 bits per heavy atom. The lowest BCUT2D eigenvalue weighted by Gasteiger charge is -2.28. The van der Waals surface area contributed by atoms with Crippen molar-refractivity contribution in [3.8, 4) is 0 Å². The molecule has 0 aromatic rings. The molecule has 0 aromatic heterocycles. The average Bonchev–Trinajstić information content (AvgIpc) is 2.15. The smallest absolute Gasteiger partial charge is 0.407 e. The lowest BCUT2D eigenvalue weighted by Crippen LogP contribution is -2.46. The summed E-state index contributed by atoms with van der Waals surface area (Å²) >= 11 is 0. The molecule has 1 rings (SSSR count). The zero-order chi connectivity index (χ0) is 13.1. The third-order valence-electron chi connectivity index (χ3n) is 2.27. The van der Waals surface area contributed by atoms with E-state index in [1.54, 1.807) is 20.8 Å². The van der Waals surface area contributed by atoms with Crippen molar-refractivity contribution in [2.24, 2.45) is 0 Å². The molecule has 0 aromatic carbocycles. The highest BCUT2D eigenvalue weighted by molar-refractivity contribution is 5.72. The minimum absolute atomic E-state index is 0.180. The number of hydrogen-bond donors (Lipinski definition) is 2. The van der Waals surface area contributed by atoms with Gasteiger partial charge in [0.05, 0.1) is 12.6 Å². The number of amides is 1. The predicted molar refractivity (Wildman–Crippen MR) is 59.8 cm³/mol. The van der Waals surface area contributed by atoms with Gasteiger partial charge in [0.15, 0.2) is 6.10 Å². The first-order valence-corrected chi connectivity index (χ1v) is 5.62. The lowest BCUT2D eigenvalue weighted by atomic mass is 10.1. The van der Waals surface area contributed by atoms with Gasteiger partial charge in [-0.2, -0.15) is 0 Å². The fourth-order valence-electron chi connectivity index (χ4n) is 1.53. The van der Waals surface area contributed by atoms with Gasteiger partial charge >= 0.3 is 12.1 Å². The third-order valence-corrected chi connectivity index (χ3v) is 2.27. The zero-order valence-corrected chi connectivity index (χ0v) is 10.4. The number of carbonyl (C=O) groups is 2. The van der Waals surface area contributed by atoms with E-state index in [0.717, 1.165) is 0 Å². The highest BCUT2D eigenvalue weighted by Crippen LogP contribution is 2.14. The second kappa shape index (κ2) is 5.35. The molecule has 0 aliphatic carbocycles. The zero-order valence-electron chi connectivity index (χ0n) is 10.4. The minimum Gasteiger partial charge on any atom is -0.479 e. The molecule has 0 radical (unpaired) electrons. The second-order valence-corrected chi connectivity index (χ2v) is 5.08. The standard InChI is InChI=1S/C11H19NO5/c1-11(2,3)17-10(15)12-7-4-5-8(9(13)14)16-6-7/h7-8H,4-6H2,1-3H3,(H,12,15)(H,13,14)/t7-,8+/m0/s1. The molecule has 1 amide bonds. The van der Waals surface area contributed by atoms with E-state index in [2.05, 4.69) is 5.32 Å². The summed E-state index contributed by atoms with van der Waals surface area (Å²) in [5.74, 6) is -0.958. The van der Waals surface area contributed by atoms with Crippen molar-refractivity contribution in [1.82, 2.24) is 5.32 Å². The van der Waals surface area contributed by atoms with Gasteiger partial charge in [0.25, 0.3) is 0 Å². The summed E-state index contributed by atoms with van der Waals surface area (Å²) in [6.45, 7) is 5.55. The van der Waals surface area contributed by atoms with Crippen molar-refractivity contribution in [3.05, 3.63) is 0 Å². The first kappa shape index (κ1) is 13.8. The minimum atomic E-state index is -0.958. The summed E-state index contributed by atoms with van der Waals surface area (Å²) in [5.41, 5.74) is -0.538. The van der Waals surface area contributed by atoms with Gasteiger partial charge in [-0.15, -0.1) is 0 Å². The molecule has 1 aliphatic heterocycles. The van der Waals surface area contributed by atoms with Crippen LogP contribution in [0.1, 0.15) is 33.6 Å². The molecule has 1 fully saturated rings. The molecule has 0 bridgehead atoms. The third kappa shape index (κ3) is 5.04. The summed E-state index contributed by atoms with van der Waals surface area (Å²) in [6, 6.07) is -0.180. The molecule has 0 spiro atoms. The number of carboxylic acids is 1. The average molecular weight is 245 g/mol. The fraction of sp³-hybridized carbons (Fsp3) is 0.818. The molecule has 1 heterocycles. The number of alkyl carbamates (subject to hydrolysis) is 1. The second-order valence-electron chi connectivity index (χ2n) is 5.08. The van der Waals surface area contributed by atoms with Gasteiger partial charge < -0.3 is 19.9 Å². The van der Waals surface area contributed by atoms with Crippen LogP contribution >= 0.6 is 0 Å². The monoisotopic (exact) mass is 245 g/mol. The Morgan fingerprint density at radius 2 is 2.00 bits per heavy atom. The van der Waals surface area contributed by atoms with E-state index in [4.69, 9.17) is 14.6 Å². The fourth-order valence-corrected chi connectivity index (χ4v) is 1.53. The lowest BCUT2D eigenvalue weighted by molar-refractivity contribution is -0.153. The molecule has 2 atom stereocenters. The highest BCUT2D eigenvalue weighted by atomic mass is 16.6. The summed E-state index contributed by atoms with van der Waals surface area (Å²) in [6.07, 6.45) is -0.280. The van der Waals surface area contributed by atoms with Gasteiger partial charge in [0, 0.05) is 0 Å². The van der Waals surface area contributed by atoms with E-state index >= 15 is 0 Å². The van der Waals surface area contributed by atoms with Crippen molar-refractivity contribution >= 4 is 12.1 Å². The van der Waals surface area contributed by atoms with Gasteiger partial charge in [-0.25, -0.2) is 9.59 Å². The largest absolute Gasteiger partial charge is 0.479 e. The summed E-state index contributed by atoms with van der Waals surface area (Å²) in [7, 11) is 0. The molecule has 2 N–H and O–H groups in total. The molecule has 6 heteroatoms. The molecule has 1 saturated heterocycles. The van der Waals surface area contributed by atoms with Crippen molar-refractivity contribution in [1.29, 1.82) is 0 Å². The molecular weight excluding hydrogens is 226 g/mol. The number of hydrogen-bond acceptors (Lipinski definition) is 4. The first-order valence-electron chi connectivity index (χ1n) is 5.62. The number of carbonyl (C=O) groups excluding carboxylic acids is 1. The first-order chi connectivity index (χ1) is 7.78. The van der Waals surface area contributed by atoms with E-state index in [1.165, 1.54) is 0 Å². The van der Waals surface area contributed by atoms with Gasteiger partial charge in [-0.3, -0.25) is 0 Å². The quantitative estimate of drug-likeness (QED) is 0.762. The summed E-state index contributed by atoms with van der Waals surface area (Å²) < 4.78 is 10.2. The van der Waals surface area contributed by atoms with Crippen LogP contribution in [0, 0.1) is 0 Å². The van der Waals surface area contributed by atoms with Crippen molar-refractivity contribution in [2.45, 2.75) is 51.4 Å². The number of nitrogens with one attached hydrogen (secondary N) is 1. The Morgan fingerprint density at radius 1 is 1.35 bits per heavy atom. The van der Waals surface area contributed by atoms with Gasteiger partial charge in [-0.1, -0.05) is 0 Å². The summed E-state index contributed by atoms with van der Waals surface area (Å²) in [4.78, 5) is 22.1. The Labute approximate surface area is 100 Å². The molecule has 98 valence electrons. The maximum absolute atomic E-state index is 11.4. The van der Waals surface area contributed by atoms with Crippen LogP contribution in [-0.4, -0.2) is 41.5 Å². The Kier molecular flexibility index (Phi) is 4.34. The maximum atomic E-state index is 11.4. The van der Waals surface area contributed by atoms with Crippen LogP contribution in [0.4, 0.5) is 4.79 Å². The topological polar surface area (TPSA) is 84.9 Å². The van der Waals surface area contributed by atoms with E-state index in [9.17, 15) is 9.59 Å². The molecule has 0 saturated carbocycles. The molecule has 6 nitrogen and oxygen atoms in total. The molecule has 0 unspecified atom stereocenters. The highest BCUT2D eigenvalue weighted by Gasteiger charge is 2.28. The predicted octanol–water partition coefficient (Wildman–Crippen LogP) is 1.14. The van der Waals surface area contributed by atoms with Crippen LogP contribution in [0.15, 0.2) is 0 Å². The van der Waals surface area contributed by atoms with Crippen LogP contribution < -0.4 is 5.32 Å². The van der Waals surface area contributed by atoms with Crippen molar-refractivity contribution in [2.75, 3.05) is 6.61 Å². The van der Waals surface area contributed by atoms with Crippen LogP contribution in [-0.2, 0) is 14.3 Å². The van der Waals surface area contributed by atoms with Crippen LogP contribution in [0.5, 0.6) is 0 Å². The van der Waals surface area contributed by atoms with E-state index in [-0.39, 0.29) is 12.6 Å². The van der Waals surface area contributed by atoms with Crippen LogP contribution in [0.25, 0.3) is 0 Å². The van der Waals surface area contributed by atoms with Crippen molar-refractivity contribution < 1.29 is 24.2 Å². The Balaban J connectivity index is 2.31. The maximum Gasteiger partial charge on any atom is 0.407 e. The van der Waals surface area contributed by atoms with Crippen molar-refractivity contribution in [3.63, 3.8) is 0 Å². The number of aliphatic carboxylic acids is 1. The number of ether oxygens (including phenoxy) is 2. The number of rotatable bonds is 2. The Bertz CT molecular complexity index is 289. The number of carboxylic acid groups (broad SMARTS) is 1.